The topological polar surface area (TPSA) is 82.5 Å². The fraction of sp³-hybridized carbons (Fsp3) is 0.111. The Morgan fingerprint density at radius 1 is 1.31 bits per heavy atom. The van der Waals surface area contributed by atoms with Crippen LogP contribution < -0.4 is 5.73 Å². The Balaban J connectivity index is 2.23. The molecule has 7 heteroatoms. The SMILES string of the molecule is Cn1ncc(-c2nc3nccnc3s2)c1N. The van der Waals surface area contributed by atoms with E-state index in [4.69, 9.17) is 5.73 Å². The number of nitrogens with zero attached hydrogens (tertiary/aromatic N) is 5. The van der Waals surface area contributed by atoms with Crippen molar-refractivity contribution < 1.29 is 0 Å². The van der Waals surface area contributed by atoms with Crippen molar-refractivity contribution in [3.8, 4) is 10.6 Å². The standard InChI is InChI=1S/C9H8N6S/c1-15-6(10)5(4-13-15)8-14-7-9(16-8)12-3-2-11-7/h2-4H,10H2,1H3. The molecule has 0 unspecified atom stereocenters. The molecule has 6 nitrogen and oxygen atoms in total. The van der Waals surface area contributed by atoms with Gasteiger partial charge in [-0.25, -0.2) is 15.0 Å². The van der Waals surface area contributed by atoms with Crippen molar-refractivity contribution in [2.45, 2.75) is 0 Å². The third-order valence-electron chi connectivity index (χ3n) is 2.26. The van der Waals surface area contributed by atoms with Crippen molar-refractivity contribution in [1.29, 1.82) is 0 Å². The van der Waals surface area contributed by atoms with Crippen LogP contribution >= 0.6 is 11.3 Å². The van der Waals surface area contributed by atoms with E-state index in [1.807, 2.05) is 0 Å². The van der Waals surface area contributed by atoms with E-state index in [-0.39, 0.29) is 0 Å². The summed E-state index contributed by atoms with van der Waals surface area (Å²) in [7, 11) is 1.79. The molecule has 0 spiro atoms. The fourth-order valence-corrected chi connectivity index (χ4v) is 2.29. The molecule has 0 aliphatic carbocycles. The van der Waals surface area contributed by atoms with Crippen molar-refractivity contribution in [3.05, 3.63) is 18.6 Å². The predicted octanol–water partition coefficient (Wildman–Crippen LogP) is 1.07. The van der Waals surface area contributed by atoms with E-state index in [0.29, 0.717) is 11.5 Å². The molecule has 0 aliphatic heterocycles. The zero-order valence-electron chi connectivity index (χ0n) is 8.45. The van der Waals surface area contributed by atoms with E-state index < -0.39 is 0 Å². The van der Waals surface area contributed by atoms with Crippen LogP contribution in [-0.4, -0.2) is 24.7 Å². The first kappa shape index (κ1) is 9.22. The van der Waals surface area contributed by atoms with Gasteiger partial charge in [-0.15, -0.1) is 0 Å². The maximum atomic E-state index is 5.88. The van der Waals surface area contributed by atoms with Crippen molar-refractivity contribution >= 4 is 27.6 Å². The maximum absolute atomic E-state index is 5.88. The largest absolute Gasteiger partial charge is 0.383 e. The third kappa shape index (κ3) is 1.25. The summed E-state index contributed by atoms with van der Waals surface area (Å²) in [5.74, 6) is 0.596. The van der Waals surface area contributed by atoms with Gasteiger partial charge in [0.2, 0.25) is 0 Å². The van der Waals surface area contributed by atoms with Gasteiger partial charge in [0.15, 0.2) is 10.5 Å². The fourth-order valence-electron chi connectivity index (χ4n) is 1.40. The number of hydrogen-bond donors (Lipinski definition) is 1. The molecule has 3 aromatic heterocycles. The number of anilines is 1. The molecular weight excluding hydrogens is 224 g/mol. The van der Waals surface area contributed by atoms with Crippen LogP contribution in [0, 0.1) is 0 Å². The summed E-state index contributed by atoms with van der Waals surface area (Å²) in [5.41, 5.74) is 7.35. The molecule has 16 heavy (non-hydrogen) atoms. The molecule has 3 aromatic rings. The number of hydrogen-bond acceptors (Lipinski definition) is 6. The Morgan fingerprint density at radius 2 is 2.12 bits per heavy atom. The van der Waals surface area contributed by atoms with Gasteiger partial charge in [-0.05, 0) is 0 Å². The maximum Gasteiger partial charge on any atom is 0.190 e. The van der Waals surface area contributed by atoms with Crippen molar-refractivity contribution in [1.82, 2.24) is 24.7 Å². The van der Waals surface area contributed by atoms with Gasteiger partial charge in [-0.1, -0.05) is 11.3 Å². The Bertz CT molecular complexity index is 622. The Kier molecular flexibility index (Phi) is 1.87. The zero-order valence-corrected chi connectivity index (χ0v) is 9.27. The molecule has 0 aliphatic rings. The molecule has 3 rings (SSSR count). The lowest BCUT2D eigenvalue weighted by molar-refractivity contribution is 0.779. The van der Waals surface area contributed by atoms with Crippen LogP contribution in [-0.2, 0) is 7.05 Å². The van der Waals surface area contributed by atoms with Gasteiger partial charge in [0, 0.05) is 19.4 Å². The minimum Gasteiger partial charge on any atom is -0.383 e. The van der Waals surface area contributed by atoms with Gasteiger partial charge in [0.1, 0.15) is 10.8 Å². The van der Waals surface area contributed by atoms with Crippen molar-refractivity contribution in [2.24, 2.45) is 7.05 Å². The highest BCUT2D eigenvalue weighted by Crippen LogP contribution is 2.30. The number of aryl methyl sites for hydroxylation is 1. The lowest BCUT2D eigenvalue weighted by atomic mass is 10.3. The zero-order chi connectivity index (χ0) is 11.1. The van der Waals surface area contributed by atoms with Gasteiger partial charge in [-0.3, -0.25) is 4.68 Å². The average molecular weight is 232 g/mol. The molecule has 2 N–H and O–H groups in total. The lowest BCUT2D eigenvalue weighted by Crippen LogP contribution is -1.97. The molecule has 80 valence electrons. The van der Waals surface area contributed by atoms with Gasteiger partial charge in [0.25, 0.3) is 0 Å². The Hall–Kier alpha value is -2.02. The smallest absolute Gasteiger partial charge is 0.190 e. The van der Waals surface area contributed by atoms with Crippen molar-refractivity contribution in [3.63, 3.8) is 0 Å². The molecule has 0 aromatic carbocycles. The summed E-state index contributed by atoms with van der Waals surface area (Å²) in [6.07, 6.45) is 4.97. The first-order chi connectivity index (χ1) is 7.75. The highest BCUT2D eigenvalue weighted by atomic mass is 32.1. The molecule has 0 bridgehead atoms. The molecular formula is C9H8N6S. The predicted molar refractivity (Wildman–Crippen MR) is 61.8 cm³/mol. The van der Waals surface area contributed by atoms with Gasteiger partial charge in [0.05, 0.1) is 11.8 Å². The van der Waals surface area contributed by atoms with E-state index >= 15 is 0 Å². The second kappa shape index (κ2) is 3.24. The monoisotopic (exact) mass is 232 g/mol. The van der Waals surface area contributed by atoms with E-state index in [1.54, 1.807) is 30.3 Å². The van der Waals surface area contributed by atoms with Crippen LogP contribution in [0.2, 0.25) is 0 Å². The Morgan fingerprint density at radius 3 is 2.81 bits per heavy atom. The van der Waals surface area contributed by atoms with Crippen LogP contribution in [0.4, 0.5) is 5.82 Å². The molecule has 0 amide bonds. The second-order valence-electron chi connectivity index (χ2n) is 3.27. The van der Waals surface area contributed by atoms with Crippen LogP contribution in [0.1, 0.15) is 0 Å². The van der Waals surface area contributed by atoms with Crippen molar-refractivity contribution in [2.75, 3.05) is 5.73 Å². The number of thiazole rings is 1. The number of fused-ring (bicyclic) bond motifs is 1. The number of nitrogens with two attached hydrogens (primary N) is 1. The summed E-state index contributed by atoms with van der Waals surface area (Å²) in [5, 5.41) is 4.88. The number of rotatable bonds is 1. The van der Waals surface area contributed by atoms with Gasteiger partial charge in [-0.2, -0.15) is 5.10 Å². The molecule has 3 heterocycles. The highest BCUT2D eigenvalue weighted by Gasteiger charge is 2.13. The van der Waals surface area contributed by atoms with E-state index in [0.717, 1.165) is 15.4 Å². The first-order valence-electron chi connectivity index (χ1n) is 4.61. The normalized spacial score (nSPS) is 11.1. The summed E-state index contributed by atoms with van der Waals surface area (Å²) in [4.78, 5) is 13.5. The third-order valence-corrected chi connectivity index (χ3v) is 3.25. The lowest BCUT2D eigenvalue weighted by Gasteiger charge is -1.94. The Labute approximate surface area is 94.8 Å². The minimum atomic E-state index is 0.596. The van der Waals surface area contributed by atoms with Crippen LogP contribution in [0.3, 0.4) is 0 Å². The van der Waals surface area contributed by atoms with Gasteiger partial charge >= 0.3 is 0 Å². The number of nitrogen functional groups attached to an aromatic ring is 1. The summed E-state index contributed by atoms with van der Waals surface area (Å²) in [6.45, 7) is 0. The first-order valence-corrected chi connectivity index (χ1v) is 5.43. The molecule has 0 saturated heterocycles. The average Bonchev–Trinajstić information content (AvgIpc) is 2.84. The number of aromatic nitrogens is 5. The summed E-state index contributed by atoms with van der Waals surface area (Å²) >= 11 is 1.46. The van der Waals surface area contributed by atoms with Crippen LogP contribution in [0.15, 0.2) is 18.6 Å². The van der Waals surface area contributed by atoms with Crippen LogP contribution in [0.5, 0.6) is 0 Å². The quantitative estimate of drug-likeness (QED) is 0.678. The molecule has 0 radical (unpaired) electrons. The molecule has 0 saturated carbocycles. The van der Waals surface area contributed by atoms with Crippen LogP contribution in [0.25, 0.3) is 21.0 Å². The summed E-state index contributed by atoms with van der Waals surface area (Å²) < 4.78 is 1.61. The highest BCUT2D eigenvalue weighted by molar-refractivity contribution is 7.21. The molecule has 0 fully saturated rings. The molecule has 0 atom stereocenters. The minimum absolute atomic E-state index is 0.596. The summed E-state index contributed by atoms with van der Waals surface area (Å²) in [6, 6.07) is 0. The van der Waals surface area contributed by atoms with E-state index in [9.17, 15) is 0 Å². The van der Waals surface area contributed by atoms with E-state index in [1.165, 1.54) is 11.3 Å². The van der Waals surface area contributed by atoms with E-state index in [2.05, 4.69) is 20.1 Å². The second-order valence-corrected chi connectivity index (χ2v) is 4.25. The van der Waals surface area contributed by atoms with Gasteiger partial charge < -0.3 is 5.73 Å².